The maximum atomic E-state index is 2.44. The minimum Gasteiger partial charge on any atom is -0.0622 e. The molecule has 6 aromatic rings. The molecule has 0 atom stereocenters. The number of benzene rings is 6. The van der Waals surface area contributed by atoms with Gasteiger partial charge in [-0.25, -0.2) is 0 Å². The lowest BCUT2D eigenvalue weighted by molar-refractivity contribution is 1.18. The molecule has 0 aliphatic heterocycles. The van der Waals surface area contributed by atoms with E-state index in [0.29, 0.717) is 0 Å². The van der Waals surface area contributed by atoms with Gasteiger partial charge in [0, 0.05) is 12.3 Å². The molecule has 0 saturated carbocycles. The van der Waals surface area contributed by atoms with Crippen LogP contribution in [0.15, 0.2) is 133 Å². The quantitative estimate of drug-likeness (QED) is 0.139. The Kier molecular flexibility index (Phi) is 9.99. The van der Waals surface area contributed by atoms with Crippen LogP contribution in [-0.4, -0.2) is 0 Å². The summed E-state index contributed by atoms with van der Waals surface area (Å²) in [5.74, 6) is 0. The topological polar surface area (TPSA) is 0 Å². The molecule has 0 saturated heterocycles. The van der Waals surface area contributed by atoms with E-state index < -0.39 is 15.8 Å². The minimum atomic E-state index is -0.538. The third-order valence-electron chi connectivity index (χ3n) is 9.42. The van der Waals surface area contributed by atoms with Crippen molar-refractivity contribution in [3.63, 3.8) is 0 Å². The van der Waals surface area contributed by atoms with Crippen molar-refractivity contribution < 1.29 is 0 Å². The Labute approximate surface area is 279 Å². The molecule has 0 radical (unpaired) electrons. The molecule has 0 fully saturated rings. The van der Waals surface area contributed by atoms with Crippen molar-refractivity contribution in [2.75, 3.05) is 0 Å². The van der Waals surface area contributed by atoms with Gasteiger partial charge in [0.05, 0.1) is 0 Å². The molecule has 0 aliphatic rings. The van der Waals surface area contributed by atoms with Crippen LogP contribution in [0.25, 0.3) is 11.1 Å². The Balaban J connectivity index is 1.47. The van der Waals surface area contributed by atoms with Gasteiger partial charge in [-0.3, -0.25) is 0 Å². The monoisotopic (exact) mass is 634 g/mol. The van der Waals surface area contributed by atoms with Gasteiger partial charge in [0.15, 0.2) is 0 Å². The highest BCUT2D eigenvalue weighted by Crippen LogP contribution is 2.46. The second kappa shape index (κ2) is 14.3. The number of aryl methyl sites for hydroxylation is 4. The third-order valence-corrected chi connectivity index (χ3v) is 14.4. The van der Waals surface area contributed by atoms with Gasteiger partial charge < -0.3 is 0 Å². The highest BCUT2D eigenvalue weighted by molar-refractivity contribution is 7.72. The van der Waals surface area contributed by atoms with Gasteiger partial charge >= 0.3 is 0 Å². The maximum absolute atomic E-state index is 2.44. The summed E-state index contributed by atoms with van der Waals surface area (Å²) in [6, 6.07) is 49.4. The summed E-state index contributed by atoms with van der Waals surface area (Å²) in [5.41, 5.74) is 14.3. The Bertz CT molecular complexity index is 1700. The fraction of sp³-hybridized carbons (Fsp3) is 0.182. The fourth-order valence-electron chi connectivity index (χ4n) is 7.12. The molecule has 0 unspecified atom stereocenters. The predicted molar refractivity (Wildman–Crippen MR) is 206 cm³/mol. The summed E-state index contributed by atoms with van der Waals surface area (Å²) >= 11 is 0. The van der Waals surface area contributed by atoms with Crippen molar-refractivity contribution in [2.24, 2.45) is 0 Å². The van der Waals surface area contributed by atoms with Crippen molar-refractivity contribution in [3.05, 3.63) is 178 Å². The van der Waals surface area contributed by atoms with Gasteiger partial charge in [-0.2, -0.15) is 0 Å². The molecule has 0 amide bonds. The standard InChI is InChI=1S/C44H44P2/c1-31-27-33(3)43(35(5)41(31)29-45(37-19-11-7-12-20-37)38-21-13-8-14-22-38)44-34(4)28-32(2)42(36(44)6)30-46(39-23-15-9-16-24-39)40-25-17-10-18-26-40/h7-28H,29-30H2,1-6H3. The van der Waals surface area contributed by atoms with Gasteiger partial charge in [0.25, 0.3) is 0 Å². The second-order valence-electron chi connectivity index (χ2n) is 12.5. The van der Waals surface area contributed by atoms with Crippen LogP contribution in [0.2, 0.25) is 0 Å². The molecule has 0 bridgehead atoms. The molecule has 2 heteroatoms. The first-order valence-electron chi connectivity index (χ1n) is 16.3. The number of rotatable bonds is 9. The van der Waals surface area contributed by atoms with Crippen LogP contribution in [0.3, 0.4) is 0 Å². The molecule has 0 spiro atoms. The van der Waals surface area contributed by atoms with Crippen molar-refractivity contribution in [1.29, 1.82) is 0 Å². The smallest absolute Gasteiger partial charge is 0.00129 e. The highest BCUT2D eigenvalue weighted by Gasteiger charge is 2.24. The molecule has 46 heavy (non-hydrogen) atoms. The van der Waals surface area contributed by atoms with E-state index >= 15 is 0 Å². The van der Waals surface area contributed by atoms with Crippen molar-refractivity contribution >= 4 is 37.1 Å². The van der Waals surface area contributed by atoms with E-state index in [1.54, 1.807) is 0 Å². The summed E-state index contributed by atoms with van der Waals surface area (Å²) in [4.78, 5) is 0. The lowest BCUT2D eigenvalue weighted by Crippen LogP contribution is -2.15. The van der Waals surface area contributed by atoms with Crippen molar-refractivity contribution in [2.45, 2.75) is 53.9 Å². The Morgan fingerprint density at radius 1 is 0.348 bits per heavy atom. The van der Waals surface area contributed by atoms with Gasteiger partial charge in [-0.1, -0.05) is 133 Å². The molecule has 0 heterocycles. The predicted octanol–water partition coefficient (Wildman–Crippen LogP) is 10.5. The molecule has 0 aliphatic carbocycles. The van der Waals surface area contributed by atoms with E-state index in [0.717, 1.165) is 12.3 Å². The number of hydrogen-bond donors (Lipinski definition) is 0. The largest absolute Gasteiger partial charge is 0.0622 e. The van der Waals surface area contributed by atoms with Gasteiger partial charge in [-0.05, 0) is 134 Å². The average molecular weight is 635 g/mol. The number of hydrogen-bond acceptors (Lipinski definition) is 0. The molecule has 0 aromatic heterocycles. The summed E-state index contributed by atoms with van der Waals surface area (Å²) < 4.78 is 0. The zero-order chi connectivity index (χ0) is 32.2. The molecule has 0 nitrogen and oxygen atoms in total. The third kappa shape index (κ3) is 6.67. The van der Waals surface area contributed by atoms with Crippen LogP contribution < -0.4 is 21.2 Å². The lowest BCUT2D eigenvalue weighted by Gasteiger charge is -2.27. The highest BCUT2D eigenvalue weighted by atomic mass is 31.1. The van der Waals surface area contributed by atoms with Gasteiger partial charge in [0.2, 0.25) is 0 Å². The zero-order valence-corrected chi connectivity index (χ0v) is 29.8. The summed E-state index contributed by atoms with van der Waals surface area (Å²) in [5, 5.41) is 5.74. The van der Waals surface area contributed by atoms with E-state index in [1.165, 1.54) is 76.9 Å². The van der Waals surface area contributed by atoms with Crippen LogP contribution >= 0.6 is 15.8 Å². The van der Waals surface area contributed by atoms with Crippen LogP contribution in [0.5, 0.6) is 0 Å². The lowest BCUT2D eigenvalue weighted by atomic mass is 9.83. The average Bonchev–Trinajstić information content (AvgIpc) is 3.07. The first-order valence-corrected chi connectivity index (χ1v) is 19.3. The summed E-state index contributed by atoms with van der Waals surface area (Å²) in [7, 11) is -1.08. The van der Waals surface area contributed by atoms with E-state index in [-0.39, 0.29) is 0 Å². The molecular formula is C44H44P2. The molecular weight excluding hydrogens is 590 g/mol. The minimum absolute atomic E-state index is 0.538. The first kappa shape index (κ1) is 32.1. The molecule has 0 N–H and O–H groups in total. The SMILES string of the molecule is Cc1cc(C)c(-c2c(C)cc(C)c(CP(c3ccccc3)c3ccccc3)c2C)c(C)c1CP(c1ccccc1)c1ccccc1. The van der Waals surface area contributed by atoms with Crippen molar-refractivity contribution in [1.82, 2.24) is 0 Å². The van der Waals surface area contributed by atoms with Gasteiger partial charge in [-0.15, -0.1) is 0 Å². The van der Waals surface area contributed by atoms with E-state index in [9.17, 15) is 0 Å². The first-order chi connectivity index (χ1) is 22.3. The fourth-order valence-corrected chi connectivity index (χ4v) is 12.2. The van der Waals surface area contributed by atoms with E-state index in [4.69, 9.17) is 0 Å². The van der Waals surface area contributed by atoms with Crippen LogP contribution in [0.1, 0.15) is 44.5 Å². The molecule has 230 valence electrons. The molecule has 6 rings (SSSR count). The van der Waals surface area contributed by atoms with Crippen molar-refractivity contribution in [3.8, 4) is 11.1 Å². The Morgan fingerprint density at radius 2 is 0.609 bits per heavy atom. The zero-order valence-electron chi connectivity index (χ0n) is 28.0. The van der Waals surface area contributed by atoms with E-state index in [2.05, 4.69) is 175 Å². The Hall–Kier alpha value is -3.82. The van der Waals surface area contributed by atoms with Crippen LogP contribution in [0.4, 0.5) is 0 Å². The maximum Gasteiger partial charge on any atom is 0.00129 e. The van der Waals surface area contributed by atoms with Crippen LogP contribution in [0, 0.1) is 41.5 Å². The van der Waals surface area contributed by atoms with Crippen LogP contribution in [-0.2, 0) is 12.3 Å². The Morgan fingerprint density at radius 3 is 0.870 bits per heavy atom. The second-order valence-corrected chi connectivity index (χ2v) is 16.9. The summed E-state index contributed by atoms with van der Waals surface area (Å²) in [6.45, 7) is 14.0. The molecule has 6 aromatic carbocycles. The van der Waals surface area contributed by atoms with Gasteiger partial charge in [0.1, 0.15) is 0 Å². The van der Waals surface area contributed by atoms with E-state index in [1.807, 2.05) is 0 Å². The summed E-state index contributed by atoms with van der Waals surface area (Å²) in [6.07, 6.45) is 2.08. The normalized spacial score (nSPS) is 11.4.